The minimum atomic E-state index is 0.700. The van der Waals surface area contributed by atoms with Gasteiger partial charge in [-0.2, -0.15) is 5.10 Å². The SMILES string of the molecule is Cc1nn2cc(Cn3ccnc3-c3cc(CN(C)C)cs3)nc2s1. The second-order valence-electron chi connectivity index (χ2n) is 6.02. The Morgan fingerprint density at radius 3 is 2.96 bits per heavy atom. The van der Waals surface area contributed by atoms with Gasteiger partial charge in [0.05, 0.1) is 23.3 Å². The number of aryl methyl sites for hydroxylation is 1. The Morgan fingerprint density at radius 2 is 2.17 bits per heavy atom. The topological polar surface area (TPSA) is 51.3 Å². The van der Waals surface area contributed by atoms with E-state index < -0.39 is 0 Å². The Morgan fingerprint density at radius 1 is 1.29 bits per heavy atom. The first-order chi connectivity index (χ1) is 11.6. The number of hydrogen-bond donors (Lipinski definition) is 0. The molecule has 0 unspecified atom stereocenters. The Labute approximate surface area is 148 Å². The van der Waals surface area contributed by atoms with Crippen LogP contribution in [0.15, 0.2) is 30.0 Å². The molecule has 0 fully saturated rings. The van der Waals surface area contributed by atoms with Gasteiger partial charge in [0.1, 0.15) is 10.8 Å². The van der Waals surface area contributed by atoms with Crippen LogP contribution in [0.1, 0.15) is 16.3 Å². The molecular formula is C16H18N6S2. The van der Waals surface area contributed by atoms with Crippen LogP contribution in [0, 0.1) is 6.92 Å². The predicted molar refractivity (Wildman–Crippen MR) is 97.6 cm³/mol. The van der Waals surface area contributed by atoms with E-state index in [0.717, 1.165) is 28.0 Å². The van der Waals surface area contributed by atoms with Gasteiger partial charge in [0, 0.05) is 18.9 Å². The van der Waals surface area contributed by atoms with Gasteiger partial charge in [0.2, 0.25) is 4.96 Å². The normalized spacial score (nSPS) is 11.8. The highest BCUT2D eigenvalue weighted by Crippen LogP contribution is 2.27. The third-order valence-corrected chi connectivity index (χ3v) is 5.43. The lowest BCUT2D eigenvalue weighted by molar-refractivity contribution is 0.403. The minimum Gasteiger partial charge on any atom is -0.324 e. The van der Waals surface area contributed by atoms with E-state index in [0.29, 0.717) is 6.54 Å². The van der Waals surface area contributed by atoms with E-state index in [1.54, 1.807) is 22.7 Å². The summed E-state index contributed by atoms with van der Waals surface area (Å²) in [4.78, 5) is 13.5. The smallest absolute Gasteiger partial charge is 0.212 e. The number of imidazole rings is 2. The number of aromatic nitrogens is 5. The fourth-order valence-electron chi connectivity index (χ4n) is 2.70. The summed E-state index contributed by atoms with van der Waals surface area (Å²) in [6, 6.07) is 2.22. The monoisotopic (exact) mass is 358 g/mol. The van der Waals surface area contributed by atoms with E-state index in [2.05, 4.69) is 50.1 Å². The van der Waals surface area contributed by atoms with Crippen LogP contribution in [-0.4, -0.2) is 43.1 Å². The van der Waals surface area contributed by atoms with Crippen LogP contribution < -0.4 is 0 Å². The first-order valence-corrected chi connectivity index (χ1v) is 9.33. The molecule has 0 aliphatic heterocycles. The third kappa shape index (κ3) is 3.00. The zero-order valence-electron chi connectivity index (χ0n) is 13.8. The maximum Gasteiger partial charge on any atom is 0.212 e. The molecule has 8 heteroatoms. The number of thiophene rings is 1. The van der Waals surface area contributed by atoms with Crippen molar-refractivity contribution < 1.29 is 0 Å². The molecular weight excluding hydrogens is 340 g/mol. The van der Waals surface area contributed by atoms with Gasteiger partial charge in [-0.05, 0) is 38.0 Å². The number of hydrogen-bond acceptors (Lipinski definition) is 6. The molecule has 0 saturated heterocycles. The van der Waals surface area contributed by atoms with Crippen molar-refractivity contribution >= 4 is 27.6 Å². The fraction of sp³-hybridized carbons (Fsp3) is 0.312. The molecule has 4 rings (SSSR count). The summed E-state index contributed by atoms with van der Waals surface area (Å²) >= 11 is 3.35. The van der Waals surface area contributed by atoms with E-state index >= 15 is 0 Å². The number of nitrogens with zero attached hydrogens (tertiary/aromatic N) is 6. The summed E-state index contributed by atoms with van der Waals surface area (Å²) in [5.74, 6) is 0.991. The fourth-order valence-corrected chi connectivity index (χ4v) is 4.36. The van der Waals surface area contributed by atoms with Crippen molar-refractivity contribution in [2.24, 2.45) is 0 Å². The van der Waals surface area contributed by atoms with Crippen LogP contribution in [0.3, 0.4) is 0 Å². The summed E-state index contributed by atoms with van der Waals surface area (Å²) in [6.45, 7) is 3.64. The van der Waals surface area contributed by atoms with Gasteiger partial charge in [-0.3, -0.25) is 0 Å². The Bertz CT molecular complexity index is 942. The lowest BCUT2D eigenvalue weighted by Crippen LogP contribution is -2.09. The molecule has 0 spiro atoms. The maximum absolute atomic E-state index is 4.65. The predicted octanol–water partition coefficient (Wildman–Crippen LogP) is 3.13. The maximum atomic E-state index is 4.65. The van der Waals surface area contributed by atoms with Gasteiger partial charge in [-0.1, -0.05) is 11.3 Å². The number of fused-ring (bicyclic) bond motifs is 1. The second-order valence-corrected chi connectivity index (χ2v) is 8.09. The van der Waals surface area contributed by atoms with Gasteiger partial charge in [-0.15, -0.1) is 11.3 Å². The summed E-state index contributed by atoms with van der Waals surface area (Å²) in [6.07, 6.45) is 5.85. The molecule has 6 nitrogen and oxygen atoms in total. The molecule has 24 heavy (non-hydrogen) atoms. The van der Waals surface area contributed by atoms with E-state index in [9.17, 15) is 0 Å². The summed E-state index contributed by atoms with van der Waals surface area (Å²) in [5.41, 5.74) is 2.31. The highest BCUT2D eigenvalue weighted by Gasteiger charge is 2.12. The molecule has 4 aromatic rings. The lowest BCUT2D eigenvalue weighted by Gasteiger charge is -2.06. The molecule has 0 aliphatic carbocycles. The van der Waals surface area contributed by atoms with E-state index in [1.165, 1.54) is 10.4 Å². The average Bonchev–Trinajstić information content (AvgIpc) is 3.22. The van der Waals surface area contributed by atoms with Gasteiger partial charge in [-0.25, -0.2) is 14.5 Å². The minimum absolute atomic E-state index is 0.700. The molecule has 0 atom stereocenters. The van der Waals surface area contributed by atoms with Crippen LogP contribution in [0.2, 0.25) is 0 Å². The second kappa shape index (κ2) is 6.12. The quantitative estimate of drug-likeness (QED) is 0.550. The molecule has 4 heterocycles. The van der Waals surface area contributed by atoms with Gasteiger partial charge in [0.25, 0.3) is 0 Å². The molecule has 0 N–H and O–H groups in total. The Kier molecular flexibility index (Phi) is 3.95. The molecule has 0 aliphatic rings. The van der Waals surface area contributed by atoms with Crippen molar-refractivity contribution in [3.05, 3.63) is 46.3 Å². The van der Waals surface area contributed by atoms with Gasteiger partial charge < -0.3 is 9.47 Å². The molecule has 0 amide bonds. The Hall–Kier alpha value is -2.03. The zero-order valence-corrected chi connectivity index (χ0v) is 15.4. The molecule has 0 saturated carbocycles. The van der Waals surface area contributed by atoms with Crippen LogP contribution in [-0.2, 0) is 13.1 Å². The van der Waals surface area contributed by atoms with Crippen molar-refractivity contribution in [1.29, 1.82) is 0 Å². The van der Waals surface area contributed by atoms with Crippen molar-refractivity contribution in [2.45, 2.75) is 20.0 Å². The summed E-state index contributed by atoms with van der Waals surface area (Å²) in [7, 11) is 4.16. The summed E-state index contributed by atoms with van der Waals surface area (Å²) in [5, 5.41) is 7.65. The van der Waals surface area contributed by atoms with E-state index in [4.69, 9.17) is 0 Å². The van der Waals surface area contributed by atoms with Crippen molar-refractivity contribution in [2.75, 3.05) is 14.1 Å². The first kappa shape index (κ1) is 15.5. The Balaban J connectivity index is 1.59. The largest absolute Gasteiger partial charge is 0.324 e. The highest BCUT2D eigenvalue weighted by molar-refractivity contribution is 7.16. The van der Waals surface area contributed by atoms with Gasteiger partial charge >= 0.3 is 0 Å². The van der Waals surface area contributed by atoms with Crippen molar-refractivity contribution in [3.8, 4) is 10.7 Å². The van der Waals surface area contributed by atoms with Crippen LogP contribution in [0.5, 0.6) is 0 Å². The van der Waals surface area contributed by atoms with Crippen molar-refractivity contribution in [1.82, 2.24) is 29.0 Å². The van der Waals surface area contributed by atoms with Crippen molar-refractivity contribution in [3.63, 3.8) is 0 Å². The average molecular weight is 358 g/mol. The molecule has 0 bridgehead atoms. The third-order valence-electron chi connectivity index (χ3n) is 3.61. The highest BCUT2D eigenvalue weighted by atomic mass is 32.1. The van der Waals surface area contributed by atoms with Crippen LogP contribution >= 0.6 is 22.7 Å². The first-order valence-electron chi connectivity index (χ1n) is 7.64. The molecule has 124 valence electrons. The zero-order chi connectivity index (χ0) is 16.7. The molecule has 0 radical (unpaired) electrons. The lowest BCUT2D eigenvalue weighted by atomic mass is 10.3. The van der Waals surface area contributed by atoms with E-state index in [1.807, 2.05) is 30.0 Å². The number of rotatable bonds is 5. The summed E-state index contributed by atoms with van der Waals surface area (Å²) < 4.78 is 4.00. The van der Waals surface area contributed by atoms with Crippen LogP contribution in [0.4, 0.5) is 0 Å². The van der Waals surface area contributed by atoms with E-state index in [-0.39, 0.29) is 0 Å². The van der Waals surface area contributed by atoms with Crippen LogP contribution in [0.25, 0.3) is 15.7 Å². The standard InChI is InChI=1S/C16H18N6S2/c1-11-19-22-9-13(18-16(22)24-11)8-21-5-4-17-15(21)14-6-12(10-23-14)7-20(2)3/h4-6,9-10H,7-8H2,1-3H3. The van der Waals surface area contributed by atoms with Gasteiger partial charge in [0.15, 0.2) is 0 Å². The molecule has 4 aromatic heterocycles. The molecule has 0 aromatic carbocycles.